The maximum atomic E-state index is 15.1. The summed E-state index contributed by atoms with van der Waals surface area (Å²) < 4.78 is 17.0. The zero-order valence-electron chi connectivity index (χ0n) is 21.9. The van der Waals surface area contributed by atoms with Crippen molar-refractivity contribution in [1.82, 2.24) is 19.3 Å². The Bertz CT molecular complexity index is 1610. The summed E-state index contributed by atoms with van der Waals surface area (Å²) in [6.07, 6.45) is 7.11. The summed E-state index contributed by atoms with van der Waals surface area (Å²) in [7, 11) is 4.04. The van der Waals surface area contributed by atoms with Gasteiger partial charge in [0.1, 0.15) is 11.5 Å². The lowest BCUT2D eigenvalue weighted by atomic mass is 9.93. The average molecular weight is 508 g/mol. The number of fused-ring (bicyclic) bond motifs is 1. The second-order valence-electron chi connectivity index (χ2n) is 10.1. The number of imidazole rings is 1. The highest BCUT2D eigenvalue weighted by atomic mass is 19.1. The van der Waals surface area contributed by atoms with Crippen LogP contribution in [0.3, 0.4) is 0 Å². The molecule has 0 radical (unpaired) electrons. The van der Waals surface area contributed by atoms with Gasteiger partial charge in [-0.25, -0.2) is 9.37 Å². The lowest BCUT2D eigenvalue weighted by molar-refractivity contribution is -0.115. The second-order valence-corrected chi connectivity index (χ2v) is 10.1. The normalized spacial score (nSPS) is 11.7. The van der Waals surface area contributed by atoms with Gasteiger partial charge in [-0.1, -0.05) is 24.3 Å². The fourth-order valence-electron chi connectivity index (χ4n) is 4.38. The SMILES string of the molecule is CN(C)C(C)(C)c1cccc(NC(=O)Cc2ccc(-c3cnc4cc(-c5ccncc5)ccn34)cc2F)c1. The van der Waals surface area contributed by atoms with Gasteiger partial charge >= 0.3 is 0 Å². The minimum absolute atomic E-state index is 0.0597. The third-order valence-electron chi connectivity index (χ3n) is 7.20. The van der Waals surface area contributed by atoms with Gasteiger partial charge in [0.05, 0.1) is 18.3 Å². The lowest BCUT2D eigenvalue weighted by Crippen LogP contribution is -2.35. The molecule has 0 saturated heterocycles. The van der Waals surface area contributed by atoms with Gasteiger partial charge in [-0.05, 0) is 92.7 Å². The molecule has 3 aromatic heterocycles. The maximum absolute atomic E-state index is 15.1. The fraction of sp³-hybridized carbons (Fsp3) is 0.194. The standard InChI is InChI=1S/C31H30FN5O/c1-31(2,36(3)4)25-6-5-7-26(19-25)35-30(38)18-23-8-9-24(16-27(23)32)28-20-34-29-17-22(12-15-37(28)29)21-10-13-33-14-11-21/h5-17,19-20H,18H2,1-4H3,(H,35,38). The molecule has 0 aliphatic heterocycles. The Hall–Kier alpha value is -4.36. The highest BCUT2D eigenvalue weighted by Crippen LogP contribution is 2.28. The summed E-state index contributed by atoms with van der Waals surface area (Å²) in [4.78, 5) is 23.5. The van der Waals surface area contributed by atoms with Crippen LogP contribution in [0.1, 0.15) is 25.0 Å². The van der Waals surface area contributed by atoms with Crippen LogP contribution in [0.15, 0.2) is 91.5 Å². The zero-order chi connectivity index (χ0) is 26.9. The van der Waals surface area contributed by atoms with E-state index in [9.17, 15) is 4.79 Å². The molecule has 0 saturated carbocycles. The molecule has 5 rings (SSSR count). The van der Waals surface area contributed by atoms with Crippen LogP contribution in [-0.4, -0.2) is 39.3 Å². The smallest absolute Gasteiger partial charge is 0.228 e. The monoisotopic (exact) mass is 507 g/mol. The molecule has 38 heavy (non-hydrogen) atoms. The molecule has 1 N–H and O–H groups in total. The van der Waals surface area contributed by atoms with E-state index >= 15 is 4.39 Å². The van der Waals surface area contributed by atoms with Crippen LogP contribution in [0, 0.1) is 5.82 Å². The van der Waals surface area contributed by atoms with Gasteiger partial charge in [-0.2, -0.15) is 0 Å². The zero-order valence-corrected chi connectivity index (χ0v) is 21.9. The molecular formula is C31H30FN5O. The van der Waals surface area contributed by atoms with Crippen molar-refractivity contribution in [3.63, 3.8) is 0 Å². The van der Waals surface area contributed by atoms with Crippen molar-refractivity contribution < 1.29 is 9.18 Å². The Labute approximate surface area is 221 Å². The molecule has 7 heteroatoms. The van der Waals surface area contributed by atoms with E-state index < -0.39 is 5.82 Å². The molecule has 1 amide bonds. The molecular weight excluding hydrogens is 477 g/mol. The molecule has 2 aromatic carbocycles. The van der Waals surface area contributed by atoms with Crippen molar-refractivity contribution in [3.8, 4) is 22.4 Å². The number of aromatic nitrogens is 3. The second kappa shape index (κ2) is 10.2. The Morgan fingerprint density at radius 2 is 1.76 bits per heavy atom. The third-order valence-corrected chi connectivity index (χ3v) is 7.20. The number of pyridine rings is 2. The van der Waals surface area contributed by atoms with Gasteiger partial charge < -0.3 is 10.2 Å². The van der Waals surface area contributed by atoms with Crippen LogP contribution < -0.4 is 5.32 Å². The van der Waals surface area contributed by atoms with Crippen LogP contribution in [0.5, 0.6) is 0 Å². The molecule has 3 heterocycles. The van der Waals surface area contributed by atoms with E-state index in [1.54, 1.807) is 24.7 Å². The summed E-state index contributed by atoms with van der Waals surface area (Å²) in [5, 5.41) is 2.91. The van der Waals surface area contributed by atoms with E-state index in [0.29, 0.717) is 16.8 Å². The molecule has 0 aliphatic rings. The van der Waals surface area contributed by atoms with E-state index in [0.717, 1.165) is 28.0 Å². The van der Waals surface area contributed by atoms with Gasteiger partial charge in [-0.15, -0.1) is 0 Å². The molecule has 0 atom stereocenters. The van der Waals surface area contributed by atoms with Crippen LogP contribution in [0.4, 0.5) is 10.1 Å². The number of hydrogen-bond acceptors (Lipinski definition) is 4. The van der Waals surface area contributed by atoms with Crippen molar-refractivity contribution in [1.29, 1.82) is 0 Å². The summed E-state index contributed by atoms with van der Waals surface area (Å²) in [5.74, 6) is -0.696. The lowest BCUT2D eigenvalue weighted by Gasteiger charge is -2.33. The van der Waals surface area contributed by atoms with E-state index in [4.69, 9.17) is 0 Å². The highest BCUT2D eigenvalue weighted by molar-refractivity contribution is 5.92. The predicted molar refractivity (Wildman–Crippen MR) is 149 cm³/mol. The molecule has 0 fully saturated rings. The van der Waals surface area contributed by atoms with Crippen molar-refractivity contribution in [2.45, 2.75) is 25.8 Å². The fourth-order valence-corrected chi connectivity index (χ4v) is 4.38. The summed E-state index contributed by atoms with van der Waals surface area (Å²) in [6, 6.07) is 20.6. The molecule has 0 unspecified atom stereocenters. The number of halogens is 1. The summed E-state index contributed by atoms with van der Waals surface area (Å²) in [5.41, 5.74) is 6.22. The predicted octanol–water partition coefficient (Wildman–Crippen LogP) is 6.18. The van der Waals surface area contributed by atoms with Gasteiger partial charge in [-0.3, -0.25) is 14.2 Å². The number of amides is 1. The van der Waals surface area contributed by atoms with Gasteiger partial charge in [0.15, 0.2) is 0 Å². The van der Waals surface area contributed by atoms with E-state index in [-0.39, 0.29) is 17.9 Å². The number of rotatable bonds is 7. The van der Waals surface area contributed by atoms with E-state index in [1.165, 1.54) is 6.07 Å². The molecule has 0 spiro atoms. The Kier molecular flexibility index (Phi) is 6.78. The number of benzene rings is 2. The van der Waals surface area contributed by atoms with Crippen molar-refractivity contribution in [3.05, 3.63) is 108 Å². The number of carbonyl (C=O) groups is 1. The van der Waals surface area contributed by atoms with Gasteiger partial charge in [0.25, 0.3) is 0 Å². The van der Waals surface area contributed by atoms with Gasteiger partial charge in [0, 0.05) is 35.4 Å². The first kappa shape index (κ1) is 25.3. The maximum Gasteiger partial charge on any atom is 0.228 e. The van der Waals surface area contributed by atoms with Crippen molar-refractivity contribution in [2.75, 3.05) is 19.4 Å². The third kappa shape index (κ3) is 5.06. The Morgan fingerprint density at radius 3 is 2.50 bits per heavy atom. The van der Waals surface area contributed by atoms with Crippen molar-refractivity contribution in [2.24, 2.45) is 0 Å². The first-order chi connectivity index (χ1) is 18.2. The molecule has 5 aromatic rings. The molecule has 6 nitrogen and oxygen atoms in total. The summed E-state index contributed by atoms with van der Waals surface area (Å²) in [6.45, 7) is 4.24. The average Bonchev–Trinajstić information content (AvgIpc) is 3.34. The largest absolute Gasteiger partial charge is 0.326 e. The quantitative estimate of drug-likeness (QED) is 0.286. The number of hydrogen-bond donors (Lipinski definition) is 1. The van der Waals surface area contributed by atoms with Crippen LogP contribution in [0.25, 0.3) is 28.0 Å². The number of nitrogens with zero attached hydrogens (tertiary/aromatic N) is 4. The number of anilines is 1. The minimum Gasteiger partial charge on any atom is -0.326 e. The summed E-state index contributed by atoms with van der Waals surface area (Å²) >= 11 is 0. The highest BCUT2D eigenvalue weighted by Gasteiger charge is 2.23. The van der Waals surface area contributed by atoms with Crippen LogP contribution >= 0.6 is 0 Å². The van der Waals surface area contributed by atoms with E-state index in [1.807, 2.05) is 79.3 Å². The molecule has 192 valence electrons. The molecule has 0 bridgehead atoms. The number of carbonyl (C=O) groups excluding carboxylic acids is 1. The minimum atomic E-state index is -0.427. The van der Waals surface area contributed by atoms with Gasteiger partial charge in [0.2, 0.25) is 5.91 Å². The Balaban J connectivity index is 1.32. The van der Waals surface area contributed by atoms with Crippen LogP contribution in [-0.2, 0) is 16.8 Å². The topological polar surface area (TPSA) is 62.5 Å². The first-order valence-electron chi connectivity index (χ1n) is 12.5. The molecule has 0 aliphatic carbocycles. The Morgan fingerprint density at radius 1 is 0.974 bits per heavy atom. The van der Waals surface area contributed by atoms with E-state index in [2.05, 4.69) is 34.0 Å². The first-order valence-corrected chi connectivity index (χ1v) is 12.5. The number of nitrogens with one attached hydrogen (secondary N) is 1. The van der Waals surface area contributed by atoms with Crippen LogP contribution in [0.2, 0.25) is 0 Å². The van der Waals surface area contributed by atoms with Crippen molar-refractivity contribution >= 4 is 17.2 Å².